The standard InChI is InChI=1S/C16H16N4OS/c1-10-4-6-13(7-5-10)15(21)19-17-8-14-12(3)18-16-20(14)11(2)9-22-16/h4-9H,1-3H3,(H,19,21)/b17-8-. The number of imidazole rings is 1. The number of nitrogens with one attached hydrogen (secondary N) is 1. The minimum absolute atomic E-state index is 0.225. The molecule has 3 aromatic rings. The van der Waals surface area contributed by atoms with E-state index in [-0.39, 0.29) is 5.91 Å². The van der Waals surface area contributed by atoms with Gasteiger partial charge in [0.25, 0.3) is 5.91 Å². The summed E-state index contributed by atoms with van der Waals surface area (Å²) in [6.45, 7) is 5.94. The highest BCUT2D eigenvalue weighted by molar-refractivity contribution is 7.15. The Morgan fingerprint density at radius 2 is 2.00 bits per heavy atom. The third-order valence-electron chi connectivity index (χ3n) is 3.42. The topological polar surface area (TPSA) is 58.8 Å². The van der Waals surface area contributed by atoms with E-state index in [2.05, 4.69) is 15.5 Å². The number of aromatic nitrogens is 2. The van der Waals surface area contributed by atoms with E-state index in [0.717, 1.165) is 27.6 Å². The van der Waals surface area contributed by atoms with Crippen molar-refractivity contribution in [3.05, 3.63) is 57.9 Å². The van der Waals surface area contributed by atoms with Gasteiger partial charge in [-0.3, -0.25) is 9.20 Å². The van der Waals surface area contributed by atoms with Crippen LogP contribution in [0.25, 0.3) is 4.96 Å². The fourth-order valence-corrected chi connectivity index (χ4v) is 3.12. The van der Waals surface area contributed by atoms with E-state index in [0.29, 0.717) is 5.56 Å². The highest BCUT2D eigenvalue weighted by Gasteiger charge is 2.10. The highest BCUT2D eigenvalue weighted by atomic mass is 32.1. The molecular weight excluding hydrogens is 296 g/mol. The van der Waals surface area contributed by atoms with Crippen LogP contribution in [0.1, 0.15) is 33.0 Å². The molecule has 0 saturated heterocycles. The van der Waals surface area contributed by atoms with Crippen LogP contribution in [-0.4, -0.2) is 21.5 Å². The van der Waals surface area contributed by atoms with Gasteiger partial charge in [-0.1, -0.05) is 17.7 Å². The zero-order valence-electron chi connectivity index (χ0n) is 12.6. The smallest absolute Gasteiger partial charge is 0.271 e. The number of hydrogen-bond donors (Lipinski definition) is 1. The molecule has 112 valence electrons. The summed E-state index contributed by atoms with van der Waals surface area (Å²) in [5.74, 6) is -0.225. The summed E-state index contributed by atoms with van der Waals surface area (Å²) in [5, 5.41) is 6.11. The van der Waals surface area contributed by atoms with Crippen molar-refractivity contribution in [3.8, 4) is 0 Å². The fourth-order valence-electron chi connectivity index (χ4n) is 2.20. The minimum atomic E-state index is -0.225. The Morgan fingerprint density at radius 1 is 1.27 bits per heavy atom. The number of fused-ring (bicyclic) bond motifs is 1. The monoisotopic (exact) mass is 312 g/mol. The van der Waals surface area contributed by atoms with Gasteiger partial charge in [-0.2, -0.15) is 5.10 Å². The minimum Gasteiger partial charge on any atom is -0.286 e. The predicted molar refractivity (Wildman–Crippen MR) is 88.8 cm³/mol. The molecule has 0 aliphatic heterocycles. The molecule has 0 spiro atoms. The molecule has 2 heterocycles. The zero-order valence-corrected chi connectivity index (χ0v) is 13.4. The zero-order chi connectivity index (χ0) is 15.7. The van der Waals surface area contributed by atoms with Gasteiger partial charge in [-0.05, 0) is 32.9 Å². The Morgan fingerprint density at radius 3 is 2.73 bits per heavy atom. The molecule has 0 aliphatic rings. The molecule has 0 atom stereocenters. The van der Waals surface area contributed by atoms with Crippen molar-refractivity contribution in [1.29, 1.82) is 0 Å². The van der Waals surface area contributed by atoms with E-state index in [1.165, 1.54) is 0 Å². The second-order valence-electron chi connectivity index (χ2n) is 5.14. The van der Waals surface area contributed by atoms with Gasteiger partial charge >= 0.3 is 0 Å². The van der Waals surface area contributed by atoms with Crippen molar-refractivity contribution in [1.82, 2.24) is 14.8 Å². The van der Waals surface area contributed by atoms with Crippen LogP contribution in [0.3, 0.4) is 0 Å². The summed E-state index contributed by atoms with van der Waals surface area (Å²) in [6.07, 6.45) is 1.64. The van der Waals surface area contributed by atoms with E-state index in [9.17, 15) is 4.79 Å². The molecule has 0 unspecified atom stereocenters. The lowest BCUT2D eigenvalue weighted by atomic mass is 10.1. The molecule has 3 rings (SSSR count). The van der Waals surface area contributed by atoms with Crippen LogP contribution in [0.15, 0.2) is 34.7 Å². The lowest BCUT2D eigenvalue weighted by molar-refractivity contribution is 0.0955. The van der Waals surface area contributed by atoms with Crippen molar-refractivity contribution >= 4 is 28.4 Å². The SMILES string of the molecule is Cc1ccc(C(=O)N/N=C\c2c(C)nc3scc(C)n23)cc1. The summed E-state index contributed by atoms with van der Waals surface area (Å²) in [5.41, 5.74) is 7.14. The van der Waals surface area contributed by atoms with Crippen LogP contribution < -0.4 is 5.43 Å². The molecule has 0 aliphatic carbocycles. The maximum atomic E-state index is 12.0. The van der Waals surface area contributed by atoms with E-state index < -0.39 is 0 Å². The summed E-state index contributed by atoms with van der Waals surface area (Å²) in [6, 6.07) is 7.37. The third kappa shape index (κ3) is 2.65. The molecule has 1 amide bonds. The second kappa shape index (κ2) is 5.73. The largest absolute Gasteiger partial charge is 0.286 e. The molecule has 2 aromatic heterocycles. The van der Waals surface area contributed by atoms with E-state index in [1.807, 2.05) is 42.7 Å². The molecular formula is C16H16N4OS. The molecule has 1 aromatic carbocycles. The maximum Gasteiger partial charge on any atom is 0.271 e. The Bertz CT molecular complexity index is 858. The summed E-state index contributed by atoms with van der Waals surface area (Å²) < 4.78 is 2.03. The summed E-state index contributed by atoms with van der Waals surface area (Å²) in [4.78, 5) is 17.4. The van der Waals surface area contributed by atoms with Crippen molar-refractivity contribution in [2.45, 2.75) is 20.8 Å². The molecule has 1 N–H and O–H groups in total. The number of benzene rings is 1. The number of aryl methyl sites for hydroxylation is 3. The van der Waals surface area contributed by atoms with Gasteiger partial charge in [0.15, 0.2) is 4.96 Å². The number of hydrogen-bond acceptors (Lipinski definition) is 4. The first-order valence-electron chi connectivity index (χ1n) is 6.89. The number of carbonyl (C=O) groups excluding carboxylic acids is 1. The van der Waals surface area contributed by atoms with Crippen LogP contribution >= 0.6 is 11.3 Å². The van der Waals surface area contributed by atoms with Gasteiger partial charge in [-0.25, -0.2) is 10.4 Å². The van der Waals surface area contributed by atoms with E-state index in [1.54, 1.807) is 29.7 Å². The molecule has 5 nitrogen and oxygen atoms in total. The van der Waals surface area contributed by atoms with Crippen LogP contribution in [0.4, 0.5) is 0 Å². The Labute approximate surface area is 132 Å². The number of hydrazone groups is 1. The Kier molecular flexibility index (Phi) is 3.77. The van der Waals surface area contributed by atoms with Crippen LogP contribution in [0.2, 0.25) is 0 Å². The van der Waals surface area contributed by atoms with Crippen molar-refractivity contribution in [2.24, 2.45) is 5.10 Å². The third-order valence-corrected chi connectivity index (χ3v) is 4.36. The van der Waals surface area contributed by atoms with Crippen LogP contribution in [-0.2, 0) is 0 Å². The molecule has 0 bridgehead atoms. The molecule has 0 radical (unpaired) electrons. The molecule has 0 saturated carbocycles. The normalized spacial score (nSPS) is 11.4. The van der Waals surface area contributed by atoms with Gasteiger partial charge in [-0.15, -0.1) is 11.3 Å². The lowest BCUT2D eigenvalue weighted by Gasteiger charge is -2.00. The average Bonchev–Trinajstić information content (AvgIpc) is 3.00. The van der Waals surface area contributed by atoms with Gasteiger partial charge < -0.3 is 0 Å². The van der Waals surface area contributed by atoms with Crippen LogP contribution in [0, 0.1) is 20.8 Å². The van der Waals surface area contributed by atoms with Gasteiger partial charge in [0, 0.05) is 16.6 Å². The highest BCUT2D eigenvalue weighted by Crippen LogP contribution is 2.19. The van der Waals surface area contributed by atoms with Crippen molar-refractivity contribution in [3.63, 3.8) is 0 Å². The first-order chi connectivity index (χ1) is 10.6. The Balaban J connectivity index is 1.79. The average molecular weight is 312 g/mol. The summed E-state index contributed by atoms with van der Waals surface area (Å²) >= 11 is 1.59. The predicted octanol–water partition coefficient (Wildman–Crippen LogP) is 3.08. The summed E-state index contributed by atoms with van der Waals surface area (Å²) in [7, 11) is 0. The Hall–Kier alpha value is -2.47. The maximum absolute atomic E-state index is 12.0. The first-order valence-corrected chi connectivity index (χ1v) is 7.77. The number of nitrogens with zero attached hydrogens (tertiary/aromatic N) is 3. The van der Waals surface area contributed by atoms with Gasteiger partial charge in [0.05, 0.1) is 17.6 Å². The number of rotatable bonds is 3. The molecule has 22 heavy (non-hydrogen) atoms. The van der Waals surface area contributed by atoms with Crippen LogP contribution in [0.5, 0.6) is 0 Å². The quantitative estimate of drug-likeness (QED) is 0.597. The second-order valence-corrected chi connectivity index (χ2v) is 5.98. The number of carbonyl (C=O) groups is 1. The first kappa shape index (κ1) is 14.5. The number of amides is 1. The van der Waals surface area contributed by atoms with E-state index in [4.69, 9.17) is 0 Å². The molecule has 0 fully saturated rings. The lowest BCUT2D eigenvalue weighted by Crippen LogP contribution is -2.17. The van der Waals surface area contributed by atoms with Gasteiger partial charge in [0.1, 0.15) is 0 Å². The van der Waals surface area contributed by atoms with E-state index >= 15 is 0 Å². The van der Waals surface area contributed by atoms with Crippen molar-refractivity contribution < 1.29 is 4.79 Å². The number of thiazole rings is 1. The van der Waals surface area contributed by atoms with Gasteiger partial charge in [0.2, 0.25) is 0 Å². The molecule has 6 heteroatoms. The fraction of sp³-hybridized carbons (Fsp3) is 0.188. The van der Waals surface area contributed by atoms with Crippen molar-refractivity contribution in [2.75, 3.05) is 0 Å².